The molecule has 1 aromatic carbocycles. The van der Waals surface area contributed by atoms with Crippen LogP contribution in [0.2, 0.25) is 0 Å². The van der Waals surface area contributed by atoms with Gasteiger partial charge in [-0.3, -0.25) is 14.4 Å². The molecule has 1 atom stereocenters. The van der Waals surface area contributed by atoms with Gasteiger partial charge in [0, 0.05) is 11.6 Å². The first-order valence-corrected chi connectivity index (χ1v) is 10.3. The average molecular weight is 378 g/mol. The Balaban J connectivity index is 1.92. The van der Waals surface area contributed by atoms with Crippen molar-refractivity contribution in [2.24, 2.45) is 5.92 Å². The minimum atomic E-state index is -0.761. The van der Waals surface area contributed by atoms with E-state index in [9.17, 15) is 14.4 Å². The number of rotatable bonds is 8. The van der Waals surface area contributed by atoms with E-state index in [2.05, 4.69) is 10.6 Å². The maximum absolute atomic E-state index is 12.6. The largest absolute Gasteiger partial charge is 0.481 e. The smallest absolute Gasteiger partial charge is 0.306 e. The van der Waals surface area contributed by atoms with Crippen molar-refractivity contribution in [2.45, 2.75) is 44.2 Å². The molecule has 1 aliphatic carbocycles. The van der Waals surface area contributed by atoms with E-state index >= 15 is 0 Å². The number of aliphatic carboxylic acids is 1. The average Bonchev–Trinajstić information content (AvgIpc) is 2.66. The lowest BCUT2D eigenvalue weighted by molar-refractivity contribution is -0.142. The van der Waals surface area contributed by atoms with Crippen LogP contribution in [0.5, 0.6) is 0 Å². The second kappa shape index (κ2) is 10.2. The Bertz CT molecular complexity index is 615. The summed E-state index contributed by atoms with van der Waals surface area (Å²) in [5.41, 5.74) is 0.524. The topological polar surface area (TPSA) is 95.5 Å². The van der Waals surface area contributed by atoms with Gasteiger partial charge in [0.1, 0.15) is 6.04 Å². The third kappa shape index (κ3) is 6.05. The summed E-state index contributed by atoms with van der Waals surface area (Å²) in [6.07, 6.45) is 4.98. The first-order valence-electron chi connectivity index (χ1n) is 8.89. The number of amides is 2. The number of nitrogens with one attached hydrogen (secondary N) is 2. The van der Waals surface area contributed by atoms with Crippen molar-refractivity contribution in [3.8, 4) is 0 Å². The molecule has 0 bridgehead atoms. The summed E-state index contributed by atoms with van der Waals surface area (Å²) in [6, 6.07) is 8.22. The van der Waals surface area contributed by atoms with E-state index in [0.717, 1.165) is 5.75 Å². The van der Waals surface area contributed by atoms with Crippen molar-refractivity contribution in [1.29, 1.82) is 0 Å². The van der Waals surface area contributed by atoms with Gasteiger partial charge in [-0.1, -0.05) is 18.2 Å². The molecule has 0 spiro atoms. The minimum absolute atomic E-state index is 0.0245. The van der Waals surface area contributed by atoms with E-state index < -0.39 is 12.0 Å². The maximum Gasteiger partial charge on any atom is 0.306 e. The van der Waals surface area contributed by atoms with E-state index in [-0.39, 0.29) is 23.8 Å². The maximum atomic E-state index is 12.6. The van der Waals surface area contributed by atoms with Crippen LogP contribution in [0.25, 0.3) is 0 Å². The van der Waals surface area contributed by atoms with Gasteiger partial charge in [-0.05, 0) is 56.2 Å². The molecule has 1 aliphatic rings. The van der Waals surface area contributed by atoms with Crippen LogP contribution in [0.1, 0.15) is 42.5 Å². The van der Waals surface area contributed by atoms with Gasteiger partial charge < -0.3 is 15.7 Å². The number of carbonyl (C=O) groups excluding carboxylic acids is 2. The Morgan fingerprint density at radius 3 is 2.38 bits per heavy atom. The molecule has 1 unspecified atom stereocenters. The molecule has 1 aromatic rings. The third-order valence-corrected chi connectivity index (χ3v) is 5.34. The van der Waals surface area contributed by atoms with Crippen molar-refractivity contribution in [3.63, 3.8) is 0 Å². The molecule has 1 fully saturated rings. The molecule has 7 heteroatoms. The third-order valence-electron chi connectivity index (χ3n) is 4.69. The Morgan fingerprint density at radius 1 is 1.15 bits per heavy atom. The summed E-state index contributed by atoms with van der Waals surface area (Å²) < 4.78 is 0. The van der Waals surface area contributed by atoms with Crippen LogP contribution in [0.15, 0.2) is 30.3 Å². The highest BCUT2D eigenvalue weighted by atomic mass is 32.2. The molecule has 2 rings (SSSR count). The zero-order chi connectivity index (χ0) is 18.9. The zero-order valence-electron chi connectivity index (χ0n) is 14.9. The molecule has 0 radical (unpaired) electrons. The quantitative estimate of drug-likeness (QED) is 0.645. The fourth-order valence-electron chi connectivity index (χ4n) is 3.12. The van der Waals surface area contributed by atoms with Crippen molar-refractivity contribution in [2.75, 3.05) is 12.0 Å². The van der Waals surface area contributed by atoms with Crippen LogP contribution >= 0.6 is 11.8 Å². The summed E-state index contributed by atoms with van der Waals surface area (Å²) in [6.45, 7) is 0. The molecule has 0 aliphatic heterocycles. The van der Waals surface area contributed by atoms with Crippen LogP contribution < -0.4 is 10.6 Å². The second-order valence-corrected chi connectivity index (χ2v) is 7.55. The molecule has 142 valence electrons. The first-order chi connectivity index (χ1) is 12.5. The first kappa shape index (κ1) is 20.3. The molecule has 0 saturated heterocycles. The Morgan fingerprint density at radius 2 is 1.81 bits per heavy atom. The van der Waals surface area contributed by atoms with Crippen molar-refractivity contribution < 1.29 is 19.5 Å². The number of hydrogen-bond donors (Lipinski definition) is 3. The Hall–Kier alpha value is -2.02. The number of thioether (sulfide) groups is 1. The lowest BCUT2D eigenvalue weighted by Crippen LogP contribution is -2.50. The Kier molecular flexibility index (Phi) is 7.97. The summed E-state index contributed by atoms with van der Waals surface area (Å²) in [7, 11) is 0. The van der Waals surface area contributed by atoms with Crippen LogP contribution in [-0.2, 0) is 9.59 Å². The van der Waals surface area contributed by atoms with E-state index in [0.29, 0.717) is 37.7 Å². The number of carboxylic acids is 1. The predicted molar refractivity (Wildman–Crippen MR) is 102 cm³/mol. The van der Waals surface area contributed by atoms with Gasteiger partial charge in [0.25, 0.3) is 5.91 Å². The molecule has 26 heavy (non-hydrogen) atoms. The van der Waals surface area contributed by atoms with Gasteiger partial charge in [-0.25, -0.2) is 0 Å². The fourth-order valence-corrected chi connectivity index (χ4v) is 3.59. The molecule has 3 N–H and O–H groups in total. The standard InChI is InChI=1S/C19H26N2O4S/c1-26-12-11-16(21-17(22)13-5-3-2-4-6-13)18(23)20-15-9-7-14(8-10-15)19(24)25/h2-6,14-16H,7-12H2,1H3,(H,20,23)(H,21,22)(H,24,25). The zero-order valence-corrected chi connectivity index (χ0v) is 15.8. The highest BCUT2D eigenvalue weighted by molar-refractivity contribution is 7.98. The molecule has 1 saturated carbocycles. The van der Waals surface area contributed by atoms with Crippen LogP contribution in [-0.4, -0.2) is 47.0 Å². The molecule has 0 heterocycles. The van der Waals surface area contributed by atoms with E-state index in [1.54, 1.807) is 36.0 Å². The minimum Gasteiger partial charge on any atom is -0.481 e. The fraction of sp³-hybridized carbons (Fsp3) is 0.526. The second-order valence-electron chi connectivity index (χ2n) is 6.57. The monoisotopic (exact) mass is 378 g/mol. The van der Waals surface area contributed by atoms with Crippen molar-refractivity contribution in [3.05, 3.63) is 35.9 Å². The van der Waals surface area contributed by atoms with Crippen LogP contribution in [0.4, 0.5) is 0 Å². The van der Waals surface area contributed by atoms with Crippen LogP contribution in [0, 0.1) is 5.92 Å². The normalized spacial score (nSPS) is 20.8. The molecular formula is C19H26N2O4S. The number of carbonyl (C=O) groups is 3. The van der Waals surface area contributed by atoms with Crippen LogP contribution in [0.3, 0.4) is 0 Å². The summed E-state index contributed by atoms with van der Waals surface area (Å²) >= 11 is 1.62. The molecular weight excluding hydrogens is 352 g/mol. The highest BCUT2D eigenvalue weighted by Crippen LogP contribution is 2.24. The SMILES string of the molecule is CSCCC(NC(=O)c1ccccc1)C(=O)NC1CCC(C(=O)O)CC1. The molecule has 2 amide bonds. The van der Waals surface area contributed by atoms with Gasteiger partial charge >= 0.3 is 5.97 Å². The number of hydrogen-bond acceptors (Lipinski definition) is 4. The summed E-state index contributed by atoms with van der Waals surface area (Å²) in [5, 5.41) is 14.9. The lowest BCUT2D eigenvalue weighted by Gasteiger charge is -2.28. The van der Waals surface area contributed by atoms with Crippen molar-refractivity contribution >= 4 is 29.5 Å². The highest BCUT2D eigenvalue weighted by Gasteiger charge is 2.29. The summed E-state index contributed by atoms with van der Waals surface area (Å²) in [5.74, 6) is -0.765. The molecule has 6 nitrogen and oxygen atoms in total. The molecule has 0 aromatic heterocycles. The number of carboxylic acid groups (broad SMARTS) is 1. The van der Waals surface area contributed by atoms with Gasteiger partial charge in [0.2, 0.25) is 5.91 Å². The van der Waals surface area contributed by atoms with Crippen molar-refractivity contribution in [1.82, 2.24) is 10.6 Å². The van der Waals surface area contributed by atoms with E-state index in [1.165, 1.54) is 0 Å². The van der Waals surface area contributed by atoms with Gasteiger partial charge in [0.15, 0.2) is 0 Å². The summed E-state index contributed by atoms with van der Waals surface area (Å²) in [4.78, 5) is 36.0. The van der Waals surface area contributed by atoms with Gasteiger partial charge in [-0.15, -0.1) is 0 Å². The van der Waals surface area contributed by atoms with E-state index in [4.69, 9.17) is 5.11 Å². The number of benzene rings is 1. The van der Waals surface area contributed by atoms with Gasteiger partial charge in [-0.2, -0.15) is 11.8 Å². The predicted octanol–water partition coefficient (Wildman–Crippen LogP) is 2.30. The van der Waals surface area contributed by atoms with E-state index in [1.807, 2.05) is 12.3 Å². The van der Waals surface area contributed by atoms with Gasteiger partial charge in [0.05, 0.1) is 5.92 Å². The lowest BCUT2D eigenvalue weighted by atomic mass is 9.86. The Labute approximate surface area is 158 Å².